The van der Waals surface area contributed by atoms with E-state index in [2.05, 4.69) is 34.4 Å². The van der Waals surface area contributed by atoms with Gasteiger partial charge in [0.2, 0.25) is 5.95 Å². The molecule has 0 unspecified atom stereocenters. The van der Waals surface area contributed by atoms with Gasteiger partial charge < -0.3 is 10.6 Å². The van der Waals surface area contributed by atoms with Crippen LogP contribution in [-0.4, -0.2) is 15.8 Å². The number of Topliss-reactive ketones (excluding diaryl/α,β-unsaturated/α-hetero) is 1. The summed E-state index contributed by atoms with van der Waals surface area (Å²) in [5.41, 5.74) is 2.86. The Labute approximate surface area is 169 Å². The molecule has 142 valence electrons. The third-order valence-corrected chi connectivity index (χ3v) is 4.90. The lowest BCUT2D eigenvalue weighted by Crippen LogP contribution is -2.29. The van der Waals surface area contributed by atoms with Crippen LogP contribution in [0.3, 0.4) is 0 Å². The Morgan fingerprint density at radius 1 is 0.929 bits per heavy atom. The van der Waals surface area contributed by atoms with Gasteiger partial charge in [0.1, 0.15) is 5.82 Å². The highest BCUT2D eigenvalue weighted by Gasteiger charge is 2.35. The monoisotopic (exact) mass is 392 g/mol. The van der Waals surface area contributed by atoms with E-state index in [-0.39, 0.29) is 11.2 Å². The molecule has 0 saturated carbocycles. The molecule has 0 atom stereocenters. The molecule has 4 rings (SSSR count). The maximum absolute atomic E-state index is 12.9. The maximum Gasteiger partial charge on any atom is 0.229 e. The molecule has 1 heterocycles. The number of carbonyl (C=O) groups excluding carboxylic acids is 1. The number of nitrogens with one attached hydrogen (secondary N) is 2. The van der Waals surface area contributed by atoms with Gasteiger partial charge in [0.05, 0.1) is 11.3 Å². The fourth-order valence-electron chi connectivity index (χ4n) is 3.47. The topological polar surface area (TPSA) is 66.9 Å². The van der Waals surface area contributed by atoms with Crippen LogP contribution in [0.25, 0.3) is 0 Å². The third-order valence-electron chi connectivity index (χ3n) is 4.67. The standard InChI is InChI=1S/C22H21ClN4O/c1-22(2)12-17-19(18(28)13-22)20(24-16-10-6-7-14(23)11-16)27-21(26-17)25-15-8-4-3-5-9-15/h3-11H,12-13H2,1-2H3,(H2,24,25,26,27). The van der Waals surface area contributed by atoms with Gasteiger partial charge in [-0.25, -0.2) is 4.98 Å². The van der Waals surface area contributed by atoms with Crippen LogP contribution in [0.15, 0.2) is 54.6 Å². The highest BCUT2D eigenvalue weighted by Crippen LogP contribution is 2.38. The first kappa shape index (κ1) is 18.4. The Kier molecular flexibility index (Phi) is 4.77. The Morgan fingerprint density at radius 2 is 1.68 bits per heavy atom. The van der Waals surface area contributed by atoms with Crippen molar-refractivity contribution in [3.8, 4) is 0 Å². The molecule has 1 aromatic heterocycles. The van der Waals surface area contributed by atoms with Crippen molar-refractivity contribution in [3.63, 3.8) is 0 Å². The summed E-state index contributed by atoms with van der Waals surface area (Å²) in [5.74, 6) is 1.02. The van der Waals surface area contributed by atoms with Crippen molar-refractivity contribution in [2.75, 3.05) is 10.6 Å². The SMILES string of the molecule is CC1(C)CC(=O)c2c(nc(Nc3ccccc3)nc2Nc2cccc(Cl)c2)C1. The summed E-state index contributed by atoms with van der Waals surface area (Å²) < 4.78 is 0. The number of fused-ring (bicyclic) bond motifs is 1. The van der Waals surface area contributed by atoms with E-state index in [4.69, 9.17) is 11.6 Å². The van der Waals surface area contributed by atoms with Crippen LogP contribution in [0.1, 0.15) is 36.3 Å². The molecule has 0 saturated heterocycles. The van der Waals surface area contributed by atoms with Crippen molar-refractivity contribution in [3.05, 3.63) is 70.9 Å². The molecule has 6 heteroatoms. The van der Waals surface area contributed by atoms with E-state index in [1.807, 2.05) is 42.5 Å². The molecule has 0 spiro atoms. The minimum Gasteiger partial charge on any atom is -0.339 e. The summed E-state index contributed by atoms with van der Waals surface area (Å²) >= 11 is 6.11. The smallest absolute Gasteiger partial charge is 0.229 e. The molecule has 1 aliphatic carbocycles. The summed E-state index contributed by atoms with van der Waals surface area (Å²) in [4.78, 5) is 22.2. The van der Waals surface area contributed by atoms with Gasteiger partial charge in [-0.15, -0.1) is 0 Å². The summed E-state index contributed by atoms with van der Waals surface area (Å²) in [7, 11) is 0. The second-order valence-electron chi connectivity index (χ2n) is 7.78. The summed E-state index contributed by atoms with van der Waals surface area (Å²) in [6, 6.07) is 17.1. The van der Waals surface area contributed by atoms with Crippen molar-refractivity contribution in [2.24, 2.45) is 5.41 Å². The number of benzene rings is 2. The lowest BCUT2D eigenvalue weighted by Gasteiger charge is -2.30. The van der Waals surface area contributed by atoms with Gasteiger partial charge in [0.15, 0.2) is 5.78 Å². The number of hydrogen-bond acceptors (Lipinski definition) is 5. The number of nitrogens with zero attached hydrogens (tertiary/aromatic N) is 2. The largest absolute Gasteiger partial charge is 0.339 e. The number of anilines is 4. The molecule has 0 aliphatic heterocycles. The predicted molar refractivity (Wildman–Crippen MR) is 113 cm³/mol. The van der Waals surface area contributed by atoms with E-state index in [0.29, 0.717) is 35.2 Å². The zero-order chi connectivity index (χ0) is 19.7. The van der Waals surface area contributed by atoms with Crippen molar-refractivity contribution >= 4 is 40.5 Å². The summed E-state index contributed by atoms with van der Waals surface area (Å²) in [6.07, 6.45) is 1.18. The minimum atomic E-state index is -0.129. The minimum absolute atomic E-state index is 0.0574. The van der Waals surface area contributed by atoms with Crippen molar-refractivity contribution < 1.29 is 4.79 Å². The number of ketones is 1. The molecular weight excluding hydrogens is 372 g/mol. The molecule has 0 radical (unpaired) electrons. The summed E-state index contributed by atoms with van der Waals surface area (Å²) in [5, 5.41) is 7.11. The fourth-order valence-corrected chi connectivity index (χ4v) is 3.66. The van der Waals surface area contributed by atoms with Crippen LogP contribution in [0, 0.1) is 5.41 Å². The molecule has 1 aliphatic rings. The van der Waals surface area contributed by atoms with Crippen LogP contribution in [-0.2, 0) is 6.42 Å². The Balaban J connectivity index is 1.78. The molecule has 0 fully saturated rings. The molecule has 28 heavy (non-hydrogen) atoms. The molecule has 2 aromatic carbocycles. The normalized spacial score (nSPS) is 15.0. The van der Waals surface area contributed by atoms with E-state index in [1.165, 1.54) is 0 Å². The lowest BCUT2D eigenvalue weighted by molar-refractivity contribution is 0.0911. The molecule has 2 N–H and O–H groups in total. The van der Waals surface area contributed by atoms with Gasteiger partial charge in [-0.3, -0.25) is 4.79 Å². The fraction of sp³-hybridized carbons (Fsp3) is 0.227. The molecule has 3 aromatic rings. The number of rotatable bonds is 4. The van der Waals surface area contributed by atoms with Gasteiger partial charge in [-0.2, -0.15) is 4.98 Å². The highest BCUT2D eigenvalue weighted by molar-refractivity contribution is 6.30. The van der Waals surface area contributed by atoms with Gasteiger partial charge in [-0.05, 0) is 42.2 Å². The molecule has 0 amide bonds. The maximum atomic E-state index is 12.9. The van der Waals surface area contributed by atoms with Gasteiger partial charge in [-0.1, -0.05) is 49.7 Å². The number of hydrogen-bond donors (Lipinski definition) is 2. The number of aromatic nitrogens is 2. The number of carbonyl (C=O) groups is 1. The second-order valence-corrected chi connectivity index (χ2v) is 8.22. The van der Waals surface area contributed by atoms with E-state index in [1.54, 1.807) is 12.1 Å². The first-order valence-corrected chi connectivity index (χ1v) is 9.56. The highest BCUT2D eigenvalue weighted by atomic mass is 35.5. The van der Waals surface area contributed by atoms with Gasteiger partial charge in [0.25, 0.3) is 0 Å². The van der Waals surface area contributed by atoms with E-state index in [0.717, 1.165) is 17.1 Å². The molecular formula is C22H21ClN4O. The van der Waals surface area contributed by atoms with Gasteiger partial charge >= 0.3 is 0 Å². The van der Waals surface area contributed by atoms with Crippen molar-refractivity contribution in [2.45, 2.75) is 26.7 Å². The Morgan fingerprint density at radius 3 is 2.43 bits per heavy atom. The Bertz CT molecular complexity index is 1030. The zero-order valence-electron chi connectivity index (χ0n) is 15.8. The first-order chi connectivity index (χ1) is 13.4. The number of halogens is 1. The quantitative estimate of drug-likeness (QED) is 0.589. The van der Waals surface area contributed by atoms with E-state index < -0.39 is 0 Å². The van der Waals surface area contributed by atoms with Crippen LogP contribution < -0.4 is 10.6 Å². The predicted octanol–water partition coefficient (Wildman–Crippen LogP) is 5.77. The first-order valence-electron chi connectivity index (χ1n) is 9.18. The number of para-hydroxylation sites is 1. The summed E-state index contributed by atoms with van der Waals surface area (Å²) in [6.45, 7) is 4.18. The van der Waals surface area contributed by atoms with Crippen LogP contribution in [0.4, 0.5) is 23.1 Å². The van der Waals surface area contributed by atoms with Crippen molar-refractivity contribution in [1.82, 2.24) is 9.97 Å². The molecule has 0 bridgehead atoms. The molecule has 5 nitrogen and oxygen atoms in total. The van der Waals surface area contributed by atoms with Crippen LogP contribution >= 0.6 is 11.6 Å². The van der Waals surface area contributed by atoms with Crippen molar-refractivity contribution in [1.29, 1.82) is 0 Å². The zero-order valence-corrected chi connectivity index (χ0v) is 16.5. The van der Waals surface area contributed by atoms with Crippen LogP contribution in [0.5, 0.6) is 0 Å². The van der Waals surface area contributed by atoms with E-state index in [9.17, 15) is 4.79 Å². The third kappa shape index (κ3) is 3.99. The van der Waals surface area contributed by atoms with Gasteiger partial charge in [0, 0.05) is 22.8 Å². The average Bonchev–Trinajstić information content (AvgIpc) is 2.61. The second kappa shape index (κ2) is 7.24. The average molecular weight is 393 g/mol. The Hall–Kier alpha value is -2.92. The van der Waals surface area contributed by atoms with E-state index >= 15 is 0 Å². The lowest BCUT2D eigenvalue weighted by atomic mass is 9.75. The van der Waals surface area contributed by atoms with Crippen LogP contribution in [0.2, 0.25) is 5.02 Å².